The summed E-state index contributed by atoms with van der Waals surface area (Å²) in [7, 11) is 0. The van der Waals surface area contributed by atoms with E-state index in [1.165, 1.54) is 16.3 Å². The molecule has 1 aromatic carbocycles. The van der Waals surface area contributed by atoms with Crippen molar-refractivity contribution in [3.05, 3.63) is 51.3 Å². The number of nitrogens with zero attached hydrogens (tertiary/aromatic N) is 2. The zero-order chi connectivity index (χ0) is 16.3. The Kier molecular flexibility index (Phi) is 4.72. The van der Waals surface area contributed by atoms with Gasteiger partial charge in [-0.25, -0.2) is 10.5 Å². The fraction of sp³-hybridized carbons (Fsp3) is 0.312. The Morgan fingerprint density at radius 3 is 2.59 bits per heavy atom. The van der Waals surface area contributed by atoms with Crippen LogP contribution >= 0.6 is 0 Å². The number of hydrogen-bond acceptors (Lipinski definition) is 4. The van der Waals surface area contributed by atoms with Gasteiger partial charge in [0, 0.05) is 12.1 Å². The van der Waals surface area contributed by atoms with Gasteiger partial charge >= 0.3 is 0 Å². The molecule has 0 spiro atoms. The number of nitrogens with two attached hydrogens (primary N) is 1. The van der Waals surface area contributed by atoms with E-state index in [1.807, 2.05) is 44.4 Å². The summed E-state index contributed by atoms with van der Waals surface area (Å²) < 4.78 is 1.31. The van der Waals surface area contributed by atoms with E-state index in [1.54, 1.807) is 0 Å². The monoisotopic (exact) mass is 300 g/mol. The first kappa shape index (κ1) is 15.9. The number of hydrogen-bond donors (Lipinski definition) is 2. The second-order valence-electron chi connectivity index (χ2n) is 5.24. The van der Waals surface area contributed by atoms with E-state index in [0.717, 1.165) is 17.5 Å². The Balaban J connectivity index is 2.64. The third kappa shape index (κ3) is 3.07. The molecule has 0 fully saturated rings. The smallest absolute Gasteiger partial charge is 0.279 e. The predicted octanol–water partition coefficient (Wildman–Crippen LogP) is 1.54. The third-order valence-electron chi connectivity index (χ3n) is 3.59. The number of nitrogen functional groups attached to an aromatic ring is 1. The van der Waals surface area contributed by atoms with Crippen molar-refractivity contribution < 1.29 is 4.79 Å². The lowest BCUT2D eigenvalue weighted by atomic mass is 10.0. The van der Waals surface area contributed by atoms with Gasteiger partial charge in [-0.2, -0.15) is 5.10 Å². The van der Waals surface area contributed by atoms with Gasteiger partial charge in [0.25, 0.3) is 11.5 Å². The quantitative estimate of drug-likeness (QED) is 0.509. The van der Waals surface area contributed by atoms with Crippen LogP contribution in [0.3, 0.4) is 0 Å². The molecule has 2 aromatic rings. The number of carbonyl (C=O) groups excluding carboxylic acids is 1. The molecule has 0 radical (unpaired) electrons. The van der Waals surface area contributed by atoms with Crippen molar-refractivity contribution in [3.63, 3.8) is 0 Å². The number of benzene rings is 1. The van der Waals surface area contributed by atoms with Crippen LogP contribution in [0.2, 0.25) is 0 Å². The largest absolute Gasteiger partial charge is 0.290 e. The summed E-state index contributed by atoms with van der Waals surface area (Å²) >= 11 is 0. The molecule has 2 rings (SSSR count). The van der Waals surface area contributed by atoms with Crippen molar-refractivity contribution in [2.75, 3.05) is 0 Å². The first-order chi connectivity index (χ1) is 10.5. The Hall–Kier alpha value is -2.47. The average Bonchev–Trinajstić information content (AvgIpc) is 2.51. The molecule has 0 atom stereocenters. The van der Waals surface area contributed by atoms with Crippen LogP contribution < -0.4 is 16.8 Å². The molecule has 6 heteroatoms. The summed E-state index contributed by atoms with van der Waals surface area (Å²) in [6.07, 6.45) is 0.743. The summed E-state index contributed by atoms with van der Waals surface area (Å²) in [5.74, 6) is 4.55. The van der Waals surface area contributed by atoms with Crippen LogP contribution in [0.1, 0.15) is 34.8 Å². The van der Waals surface area contributed by atoms with E-state index in [4.69, 9.17) is 5.84 Å². The lowest BCUT2D eigenvalue weighted by Crippen LogP contribution is -2.37. The maximum absolute atomic E-state index is 12.2. The predicted molar refractivity (Wildman–Crippen MR) is 85.4 cm³/mol. The van der Waals surface area contributed by atoms with Gasteiger partial charge in [0.15, 0.2) is 0 Å². The molecule has 3 N–H and O–H groups in total. The van der Waals surface area contributed by atoms with E-state index in [0.29, 0.717) is 12.2 Å². The minimum Gasteiger partial charge on any atom is -0.290 e. The molecule has 22 heavy (non-hydrogen) atoms. The molecule has 1 aromatic heterocycles. The summed E-state index contributed by atoms with van der Waals surface area (Å²) in [5, 5.41) is 4.36. The fourth-order valence-electron chi connectivity index (χ4n) is 2.19. The Labute approximate surface area is 128 Å². The standard InChI is InChI=1S/C16H20N4O2/c1-4-7-20-16(22)13(15(21)18-17)9-14(19-20)12-6-5-10(2)11(3)8-12/h5-6,8-9H,4,7,17H2,1-3H3,(H,18,21). The number of amides is 1. The molecule has 0 unspecified atom stereocenters. The highest BCUT2D eigenvalue weighted by molar-refractivity contribution is 5.94. The van der Waals surface area contributed by atoms with Crippen LogP contribution in [0.15, 0.2) is 29.1 Å². The van der Waals surface area contributed by atoms with Gasteiger partial charge in [-0.15, -0.1) is 0 Å². The topological polar surface area (TPSA) is 90.0 Å². The minimum atomic E-state index is -0.609. The van der Waals surface area contributed by atoms with E-state index >= 15 is 0 Å². The van der Waals surface area contributed by atoms with E-state index < -0.39 is 11.5 Å². The van der Waals surface area contributed by atoms with Gasteiger partial charge in [-0.1, -0.05) is 19.1 Å². The van der Waals surface area contributed by atoms with E-state index in [2.05, 4.69) is 5.10 Å². The lowest BCUT2D eigenvalue weighted by molar-refractivity contribution is 0.0951. The van der Waals surface area contributed by atoms with Crippen molar-refractivity contribution in [2.45, 2.75) is 33.7 Å². The molecule has 0 saturated heterocycles. The van der Waals surface area contributed by atoms with Crippen molar-refractivity contribution in [2.24, 2.45) is 5.84 Å². The highest BCUT2D eigenvalue weighted by Gasteiger charge is 2.15. The van der Waals surface area contributed by atoms with Gasteiger partial charge in [-0.3, -0.25) is 15.0 Å². The number of nitrogens with one attached hydrogen (secondary N) is 1. The molecule has 116 valence electrons. The van der Waals surface area contributed by atoms with Gasteiger partial charge in [0.2, 0.25) is 0 Å². The normalized spacial score (nSPS) is 10.5. The van der Waals surface area contributed by atoms with Gasteiger partial charge < -0.3 is 0 Å². The molecule has 0 bridgehead atoms. The molecule has 6 nitrogen and oxygen atoms in total. The number of aryl methyl sites for hydroxylation is 3. The Bertz CT molecular complexity index is 765. The van der Waals surface area contributed by atoms with Crippen molar-refractivity contribution in [1.29, 1.82) is 0 Å². The van der Waals surface area contributed by atoms with Crippen LogP contribution in [0.25, 0.3) is 11.3 Å². The van der Waals surface area contributed by atoms with Crippen LogP contribution in [0, 0.1) is 13.8 Å². The lowest BCUT2D eigenvalue weighted by Gasteiger charge is -2.10. The summed E-state index contributed by atoms with van der Waals surface area (Å²) in [6.45, 7) is 6.42. The second kappa shape index (κ2) is 6.53. The van der Waals surface area contributed by atoms with Crippen molar-refractivity contribution >= 4 is 5.91 Å². The van der Waals surface area contributed by atoms with Gasteiger partial charge in [0.05, 0.1) is 5.69 Å². The van der Waals surface area contributed by atoms with Crippen molar-refractivity contribution in [3.8, 4) is 11.3 Å². The number of carbonyl (C=O) groups is 1. The van der Waals surface area contributed by atoms with Crippen LogP contribution in [0.4, 0.5) is 0 Å². The molecule has 1 amide bonds. The first-order valence-electron chi connectivity index (χ1n) is 7.18. The maximum Gasteiger partial charge on any atom is 0.279 e. The second-order valence-corrected chi connectivity index (χ2v) is 5.24. The van der Waals surface area contributed by atoms with Crippen LogP contribution in [-0.4, -0.2) is 15.7 Å². The third-order valence-corrected chi connectivity index (χ3v) is 3.59. The number of hydrazine groups is 1. The van der Waals surface area contributed by atoms with Gasteiger partial charge in [0.1, 0.15) is 5.56 Å². The molecule has 0 aliphatic carbocycles. The Morgan fingerprint density at radius 2 is 2.00 bits per heavy atom. The zero-order valence-corrected chi connectivity index (χ0v) is 13.0. The molecular formula is C16H20N4O2. The first-order valence-corrected chi connectivity index (χ1v) is 7.18. The minimum absolute atomic E-state index is 0.000761. The number of aromatic nitrogens is 2. The van der Waals surface area contributed by atoms with Crippen molar-refractivity contribution in [1.82, 2.24) is 15.2 Å². The van der Waals surface area contributed by atoms with Gasteiger partial charge in [-0.05, 0) is 43.5 Å². The van der Waals surface area contributed by atoms with Crippen LogP contribution in [0.5, 0.6) is 0 Å². The van der Waals surface area contributed by atoms with E-state index in [9.17, 15) is 9.59 Å². The molecular weight excluding hydrogens is 280 g/mol. The highest BCUT2D eigenvalue weighted by atomic mass is 16.2. The molecule has 0 aliphatic rings. The maximum atomic E-state index is 12.2. The molecule has 1 heterocycles. The summed E-state index contributed by atoms with van der Waals surface area (Å²) in [4.78, 5) is 24.1. The zero-order valence-electron chi connectivity index (χ0n) is 13.0. The summed E-state index contributed by atoms with van der Waals surface area (Å²) in [5.41, 5.74) is 5.31. The number of rotatable bonds is 4. The fourth-order valence-corrected chi connectivity index (χ4v) is 2.19. The molecule has 0 aliphatic heterocycles. The SMILES string of the molecule is CCCn1nc(-c2ccc(C)c(C)c2)cc(C(=O)NN)c1=O. The molecule has 0 saturated carbocycles. The highest BCUT2D eigenvalue weighted by Crippen LogP contribution is 2.20. The Morgan fingerprint density at radius 1 is 1.27 bits per heavy atom. The van der Waals surface area contributed by atoms with E-state index in [-0.39, 0.29) is 5.56 Å². The average molecular weight is 300 g/mol. The van der Waals surface area contributed by atoms with Crippen LogP contribution in [-0.2, 0) is 6.54 Å². The summed E-state index contributed by atoms with van der Waals surface area (Å²) in [6, 6.07) is 7.39.